The van der Waals surface area contributed by atoms with Gasteiger partial charge in [-0.1, -0.05) is 6.92 Å². The summed E-state index contributed by atoms with van der Waals surface area (Å²) in [7, 11) is -3.88. The van der Waals surface area contributed by atoms with E-state index in [1.165, 1.54) is 4.31 Å². The molecule has 0 aromatic carbocycles. The molecule has 1 aromatic rings. The zero-order chi connectivity index (χ0) is 17.5. The Bertz CT molecular complexity index is 758. The lowest BCUT2D eigenvalue weighted by atomic mass is 9.84. The number of hydrogen-bond acceptors (Lipinski definition) is 6. The van der Waals surface area contributed by atoms with Gasteiger partial charge in [-0.15, -0.1) is 11.3 Å². The number of piperidine rings is 1. The number of rotatable bonds is 4. The van der Waals surface area contributed by atoms with Gasteiger partial charge in [-0.25, -0.2) is 13.2 Å². The number of sulfonamides is 1. The van der Waals surface area contributed by atoms with E-state index in [-0.39, 0.29) is 22.9 Å². The number of aromatic carboxylic acids is 1. The third-order valence-corrected chi connectivity index (χ3v) is 8.38. The van der Waals surface area contributed by atoms with Crippen molar-refractivity contribution >= 4 is 27.3 Å². The number of carbonyl (C=O) groups is 1. The first-order valence-electron chi connectivity index (χ1n) is 7.98. The van der Waals surface area contributed by atoms with Gasteiger partial charge < -0.3 is 15.5 Å². The first-order valence-corrected chi connectivity index (χ1v) is 10.2. The molecule has 0 amide bonds. The van der Waals surface area contributed by atoms with Crippen LogP contribution < -0.4 is 5.32 Å². The zero-order valence-electron chi connectivity index (χ0n) is 13.5. The van der Waals surface area contributed by atoms with Gasteiger partial charge in [0.25, 0.3) is 10.0 Å². The highest BCUT2D eigenvalue weighted by atomic mass is 32.2. The van der Waals surface area contributed by atoms with Gasteiger partial charge in [-0.3, -0.25) is 0 Å². The lowest BCUT2D eigenvalue weighted by Gasteiger charge is -2.38. The van der Waals surface area contributed by atoms with E-state index in [0.717, 1.165) is 22.6 Å². The van der Waals surface area contributed by atoms with Crippen LogP contribution in [0.1, 0.15) is 40.6 Å². The van der Waals surface area contributed by atoms with Gasteiger partial charge in [-0.05, 0) is 31.4 Å². The molecule has 9 heteroatoms. The number of thiophene rings is 1. The highest BCUT2D eigenvalue weighted by molar-refractivity contribution is 7.91. The van der Waals surface area contributed by atoms with Gasteiger partial charge in [0.1, 0.15) is 4.21 Å². The number of carboxylic acids is 1. The molecule has 3 heterocycles. The van der Waals surface area contributed by atoms with Gasteiger partial charge in [0.05, 0.1) is 5.56 Å². The van der Waals surface area contributed by atoms with E-state index < -0.39 is 21.4 Å². The molecule has 134 valence electrons. The van der Waals surface area contributed by atoms with Crippen LogP contribution in [0, 0.1) is 5.41 Å². The average Bonchev–Trinajstić information content (AvgIpc) is 2.95. The van der Waals surface area contributed by atoms with Crippen LogP contribution in [0.15, 0.2) is 4.21 Å². The van der Waals surface area contributed by atoms with Crippen LogP contribution in [-0.2, 0) is 23.0 Å². The van der Waals surface area contributed by atoms with Crippen LogP contribution in [0.5, 0.6) is 0 Å². The predicted octanol–water partition coefficient (Wildman–Crippen LogP) is 0.875. The maximum atomic E-state index is 13.1. The number of aliphatic hydroxyl groups excluding tert-OH is 1. The molecule has 0 unspecified atom stereocenters. The smallest absolute Gasteiger partial charge is 0.338 e. The van der Waals surface area contributed by atoms with Crippen LogP contribution in [0.25, 0.3) is 0 Å². The van der Waals surface area contributed by atoms with Crippen molar-refractivity contribution in [3.8, 4) is 0 Å². The fourth-order valence-electron chi connectivity index (χ4n) is 3.43. The molecule has 1 fully saturated rings. The lowest BCUT2D eigenvalue weighted by molar-refractivity contribution is 0.0690. The Morgan fingerprint density at radius 2 is 2.21 bits per heavy atom. The summed E-state index contributed by atoms with van der Waals surface area (Å²) in [5.74, 6) is -1.19. The van der Waals surface area contributed by atoms with Crippen LogP contribution in [-0.4, -0.2) is 55.1 Å². The van der Waals surface area contributed by atoms with Crippen molar-refractivity contribution in [2.45, 2.75) is 36.9 Å². The van der Waals surface area contributed by atoms with E-state index in [9.17, 15) is 23.4 Å². The lowest BCUT2D eigenvalue weighted by Crippen LogP contribution is -2.46. The first kappa shape index (κ1) is 17.8. The van der Waals surface area contributed by atoms with Gasteiger partial charge in [-0.2, -0.15) is 4.31 Å². The average molecular weight is 374 g/mol. The molecule has 0 spiro atoms. The van der Waals surface area contributed by atoms with Gasteiger partial charge in [0.2, 0.25) is 0 Å². The van der Waals surface area contributed by atoms with Gasteiger partial charge in [0.15, 0.2) is 0 Å². The third-order valence-electron chi connectivity index (χ3n) is 4.81. The van der Waals surface area contributed by atoms with E-state index in [2.05, 4.69) is 5.32 Å². The molecule has 2 aliphatic rings. The minimum absolute atomic E-state index is 0.0622. The zero-order valence-corrected chi connectivity index (χ0v) is 15.2. The van der Waals surface area contributed by atoms with Crippen molar-refractivity contribution < 1.29 is 23.4 Å². The fourth-order valence-corrected chi connectivity index (χ4v) is 7.06. The highest BCUT2D eigenvalue weighted by Crippen LogP contribution is 2.38. The number of fused-ring (bicyclic) bond motifs is 1. The fraction of sp³-hybridized carbons (Fsp3) is 0.667. The van der Waals surface area contributed by atoms with Crippen molar-refractivity contribution in [2.24, 2.45) is 5.41 Å². The van der Waals surface area contributed by atoms with E-state index in [1.807, 2.05) is 6.92 Å². The maximum Gasteiger partial charge on any atom is 0.338 e. The summed E-state index contributed by atoms with van der Waals surface area (Å²) in [6.07, 6.45) is 1.94. The normalized spacial score (nSPS) is 25.4. The summed E-state index contributed by atoms with van der Waals surface area (Å²) in [6, 6.07) is 0. The predicted molar refractivity (Wildman–Crippen MR) is 89.9 cm³/mol. The second kappa shape index (κ2) is 6.38. The summed E-state index contributed by atoms with van der Waals surface area (Å²) in [5.41, 5.74) is 0.104. The topological polar surface area (TPSA) is 107 Å². The molecule has 1 atom stereocenters. The number of aliphatic hydroxyl groups is 1. The van der Waals surface area contributed by atoms with Crippen molar-refractivity contribution in [2.75, 3.05) is 26.2 Å². The molecule has 0 saturated carbocycles. The molecule has 0 radical (unpaired) electrons. The molecule has 2 aliphatic heterocycles. The molecule has 0 bridgehead atoms. The van der Waals surface area contributed by atoms with Gasteiger partial charge in [0, 0.05) is 36.5 Å². The second-order valence-electron chi connectivity index (χ2n) is 6.81. The van der Waals surface area contributed by atoms with Crippen LogP contribution in [0.3, 0.4) is 0 Å². The largest absolute Gasteiger partial charge is 0.478 e. The van der Waals surface area contributed by atoms with Gasteiger partial charge >= 0.3 is 5.97 Å². The van der Waals surface area contributed by atoms with Crippen LogP contribution in [0.2, 0.25) is 0 Å². The second-order valence-corrected chi connectivity index (χ2v) is 10.0. The molecule has 7 nitrogen and oxygen atoms in total. The summed E-state index contributed by atoms with van der Waals surface area (Å²) in [4.78, 5) is 12.5. The molecule has 24 heavy (non-hydrogen) atoms. The maximum absolute atomic E-state index is 13.1. The van der Waals surface area contributed by atoms with Crippen LogP contribution in [0.4, 0.5) is 0 Å². The Kier molecular flexibility index (Phi) is 4.73. The first-order chi connectivity index (χ1) is 11.3. The molecule has 3 N–H and O–H groups in total. The van der Waals surface area contributed by atoms with Crippen molar-refractivity contribution in [1.82, 2.24) is 9.62 Å². The van der Waals surface area contributed by atoms with Crippen molar-refractivity contribution in [1.29, 1.82) is 0 Å². The summed E-state index contributed by atoms with van der Waals surface area (Å²) >= 11 is 1.06. The molecule has 1 aromatic heterocycles. The SMILES string of the molecule is C[C@@]1(CO)CCCN(S(=O)(=O)c2sc3c(c2C(=O)O)CCNC3)C1. The van der Waals surface area contributed by atoms with Crippen LogP contribution >= 0.6 is 11.3 Å². The highest BCUT2D eigenvalue weighted by Gasteiger charge is 2.40. The molecular formula is C15H22N2O5S2. The third kappa shape index (κ3) is 2.99. The Labute approximate surface area is 145 Å². The Balaban J connectivity index is 2.04. The summed E-state index contributed by atoms with van der Waals surface area (Å²) in [5, 5.41) is 22.3. The standard InChI is InChI=1S/C15H22N2O5S2/c1-15(9-18)4-2-6-17(8-15)24(21,22)14-12(13(19)20)10-3-5-16-7-11(10)23-14/h16,18H,2-9H2,1H3,(H,19,20)/t15-/m1/s1. The number of hydrogen-bond donors (Lipinski definition) is 3. The summed E-state index contributed by atoms with van der Waals surface area (Å²) in [6.45, 7) is 3.50. The minimum Gasteiger partial charge on any atom is -0.478 e. The number of nitrogens with one attached hydrogen (secondary N) is 1. The Morgan fingerprint density at radius 3 is 2.88 bits per heavy atom. The Morgan fingerprint density at radius 1 is 1.46 bits per heavy atom. The monoisotopic (exact) mass is 374 g/mol. The molecule has 1 saturated heterocycles. The molecule has 0 aliphatic carbocycles. The summed E-state index contributed by atoms with van der Waals surface area (Å²) < 4.78 is 27.5. The number of carboxylic acid groups (broad SMARTS) is 1. The quantitative estimate of drug-likeness (QED) is 0.722. The Hall–Kier alpha value is -1.00. The molecular weight excluding hydrogens is 352 g/mol. The molecule has 3 rings (SSSR count). The number of nitrogens with zero attached hydrogens (tertiary/aromatic N) is 1. The van der Waals surface area contributed by atoms with E-state index in [4.69, 9.17) is 0 Å². The van der Waals surface area contributed by atoms with E-state index >= 15 is 0 Å². The van der Waals surface area contributed by atoms with Crippen molar-refractivity contribution in [3.63, 3.8) is 0 Å². The van der Waals surface area contributed by atoms with E-state index in [1.54, 1.807) is 0 Å². The van der Waals surface area contributed by atoms with E-state index in [0.29, 0.717) is 38.0 Å². The minimum atomic E-state index is -3.88. The van der Waals surface area contributed by atoms with Crippen molar-refractivity contribution in [3.05, 3.63) is 16.0 Å².